The Balaban J connectivity index is 2.66. The van der Waals surface area contributed by atoms with Gasteiger partial charge in [0.15, 0.2) is 0 Å². The van der Waals surface area contributed by atoms with Crippen molar-refractivity contribution in [3.63, 3.8) is 0 Å². The number of amides is 1. The van der Waals surface area contributed by atoms with Crippen LogP contribution in [0.25, 0.3) is 0 Å². The summed E-state index contributed by atoms with van der Waals surface area (Å²) in [5.74, 6) is 0.262. The van der Waals surface area contributed by atoms with Gasteiger partial charge in [0.05, 0.1) is 5.41 Å². The molecule has 0 fully saturated rings. The third kappa shape index (κ3) is 4.24. The van der Waals surface area contributed by atoms with Gasteiger partial charge in [0.25, 0.3) is 0 Å². The van der Waals surface area contributed by atoms with Gasteiger partial charge in [-0.1, -0.05) is 19.1 Å². The summed E-state index contributed by atoms with van der Waals surface area (Å²) in [5.41, 5.74) is 6.69. The van der Waals surface area contributed by atoms with Crippen LogP contribution >= 0.6 is 0 Å². The van der Waals surface area contributed by atoms with Gasteiger partial charge in [-0.2, -0.15) is 0 Å². The quantitative estimate of drug-likeness (QED) is 0.684. The molecule has 0 heterocycles. The number of nitrogen functional groups attached to an aromatic ring is 1. The first-order chi connectivity index (χ1) is 8.87. The molecule has 1 rings (SSSR count). The van der Waals surface area contributed by atoms with Gasteiger partial charge in [-0.15, -0.1) is 0 Å². The fourth-order valence-corrected chi connectivity index (χ4v) is 1.84. The predicted octanol–water partition coefficient (Wildman–Crippen LogP) is 1.68. The Morgan fingerprint density at radius 2 is 1.95 bits per heavy atom. The zero-order valence-electron chi connectivity index (χ0n) is 11.9. The first kappa shape index (κ1) is 15.5. The number of anilines is 1. The predicted molar refractivity (Wildman–Crippen MR) is 77.8 cm³/mol. The lowest BCUT2D eigenvalue weighted by molar-refractivity contribution is -0.125. The van der Waals surface area contributed by atoms with Crippen molar-refractivity contribution >= 4 is 11.6 Å². The molecule has 0 saturated carbocycles. The number of benzene rings is 1. The number of aliphatic hydroxyl groups is 1. The number of rotatable bonds is 6. The van der Waals surface area contributed by atoms with Gasteiger partial charge >= 0.3 is 0 Å². The summed E-state index contributed by atoms with van der Waals surface area (Å²) in [5, 5.41) is 11.8. The van der Waals surface area contributed by atoms with Crippen molar-refractivity contribution in [2.45, 2.75) is 32.6 Å². The monoisotopic (exact) mass is 264 g/mol. The number of hydrogen-bond acceptors (Lipinski definition) is 3. The maximum Gasteiger partial charge on any atom is 0.230 e. The fourth-order valence-electron chi connectivity index (χ4n) is 1.84. The summed E-state index contributed by atoms with van der Waals surface area (Å²) in [6.07, 6.45) is 0.697. The first-order valence-electron chi connectivity index (χ1n) is 6.63. The molecule has 1 unspecified atom stereocenters. The molecule has 1 aromatic rings. The third-order valence-corrected chi connectivity index (χ3v) is 3.43. The Kier molecular flexibility index (Phi) is 5.36. The van der Waals surface area contributed by atoms with E-state index in [4.69, 9.17) is 10.8 Å². The van der Waals surface area contributed by atoms with Gasteiger partial charge in [-0.05, 0) is 43.9 Å². The van der Waals surface area contributed by atoms with E-state index < -0.39 is 5.41 Å². The molecule has 1 atom stereocenters. The average Bonchev–Trinajstić information content (AvgIpc) is 2.36. The standard InChI is InChI=1S/C15H24N2O2/c1-11(8-9-18)10-17-14(19)15(2,3)12-4-6-13(16)7-5-12/h4-7,11,18H,8-10,16H2,1-3H3,(H,17,19). The highest BCUT2D eigenvalue weighted by atomic mass is 16.3. The smallest absolute Gasteiger partial charge is 0.230 e. The second kappa shape index (κ2) is 6.57. The van der Waals surface area contributed by atoms with E-state index >= 15 is 0 Å². The van der Waals surface area contributed by atoms with Crippen LogP contribution in [-0.4, -0.2) is 24.2 Å². The molecule has 4 N–H and O–H groups in total. The minimum atomic E-state index is -0.591. The highest BCUT2D eigenvalue weighted by Gasteiger charge is 2.29. The molecular weight excluding hydrogens is 240 g/mol. The van der Waals surface area contributed by atoms with Crippen molar-refractivity contribution in [3.8, 4) is 0 Å². The van der Waals surface area contributed by atoms with Gasteiger partial charge in [-0.25, -0.2) is 0 Å². The van der Waals surface area contributed by atoms with Crippen molar-refractivity contribution in [2.24, 2.45) is 5.92 Å². The van der Waals surface area contributed by atoms with Crippen LogP contribution in [0.5, 0.6) is 0 Å². The summed E-state index contributed by atoms with van der Waals surface area (Å²) >= 11 is 0. The Bertz CT molecular complexity index is 413. The molecule has 0 aliphatic heterocycles. The van der Waals surface area contributed by atoms with Crippen LogP contribution in [0.1, 0.15) is 32.8 Å². The zero-order valence-corrected chi connectivity index (χ0v) is 11.9. The molecular formula is C15H24N2O2. The van der Waals surface area contributed by atoms with Crippen molar-refractivity contribution in [3.05, 3.63) is 29.8 Å². The second-order valence-corrected chi connectivity index (χ2v) is 5.57. The normalized spacial score (nSPS) is 13.1. The Hall–Kier alpha value is -1.55. The van der Waals surface area contributed by atoms with Gasteiger partial charge in [0.2, 0.25) is 5.91 Å². The van der Waals surface area contributed by atoms with E-state index in [1.54, 1.807) is 12.1 Å². The summed E-state index contributed by atoms with van der Waals surface area (Å²) < 4.78 is 0. The second-order valence-electron chi connectivity index (χ2n) is 5.57. The number of carbonyl (C=O) groups is 1. The van der Waals surface area contributed by atoms with E-state index in [0.717, 1.165) is 5.56 Å². The molecule has 0 aromatic heterocycles. The van der Waals surface area contributed by atoms with Crippen molar-refractivity contribution in [1.82, 2.24) is 5.32 Å². The Morgan fingerprint density at radius 1 is 1.37 bits per heavy atom. The topological polar surface area (TPSA) is 75.3 Å². The third-order valence-electron chi connectivity index (χ3n) is 3.43. The number of nitrogens with one attached hydrogen (secondary N) is 1. The molecule has 0 spiro atoms. The maximum absolute atomic E-state index is 12.3. The summed E-state index contributed by atoms with van der Waals surface area (Å²) in [4.78, 5) is 12.3. The van der Waals surface area contributed by atoms with Crippen LogP contribution in [0.3, 0.4) is 0 Å². The van der Waals surface area contributed by atoms with Gasteiger partial charge in [-0.3, -0.25) is 4.79 Å². The van der Waals surface area contributed by atoms with E-state index in [1.165, 1.54) is 0 Å². The molecule has 4 heteroatoms. The lowest BCUT2D eigenvalue weighted by atomic mass is 9.83. The van der Waals surface area contributed by atoms with Gasteiger partial charge < -0.3 is 16.2 Å². The largest absolute Gasteiger partial charge is 0.399 e. The maximum atomic E-state index is 12.3. The Labute approximate surface area is 115 Å². The van der Waals surface area contributed by atoms with Crippen LogP contribution in [0.4, 0.5) is 5.69 Å². The fraction of sp³-hybridized carbons (Fsp3) is 0.533. The molecule has 1 aromatic carbocycles. The molecule has 0 bridgehead atoms. The van der Waals surface area contributed by atoms with Crippen molar-refractivity contribution < 1.29 is 9.90 Å². The minimum Gasteiger partial charge on any atom is -0.399 e. The number of carbonyl (C=O) groups excluding carboxylic acids is 1. The van der Waals surface area contributed by atoms with E-state index in [-0.39, 0.29) is 18.4 Å². The summed E-state index contributed by atoms with van der Waals surface area (Å²) in [6, 6.07) is 7.37. The lowest BCUT2D eigenvalue weighted by Gasteiger charge is -2.25. The molecule has 0 aliphatic rings. The van der Waals surface area contributed by atoms with Gasteiger partial charge in [0, 0.05) is 18.8 Å². The van der Waals surface area contributed by atoms with Crippen LogP contribution < -0.4 is 11.1 Å². The van der Waals surface area contributed by atoms with Crippen molar-refractivity contribution in [2.75, 3.05) is 18.9 Å². The number of aliphatic hydroxyl groups excluding tert-OH is 1. The SMILES string of the molecule is CC(CCO)CNC(=O)C(C)(C)c1ccc(N)cc1. The summed E-state index contributed by atoms with van der Waals surface area (Å²) in [7, 11) is 0. The minimum absolute atomic E-state index is 0.0120. The molecule has 4 nitrogen and oxygen atoms in total. The molecule has 0 radical (unpaired) electrons. The zero-order chi connectivity index (χ0) is 14.5. The van der Waals surface area contributed by atoms with Crippen molar-refractivity contribution in [1.29, 1.82) is 0 Å². The van der Waals surface area contributed by atoms with Crippen LogP contribution in [0.15, 0.2) is 24.3 Å². The first-order valence-corrected chi connectivity index (χ1v) is 6.63. The van der Waals surface area contributed by atoms with Crippen LogP contribution in [0.2, 0.25) is 0 Å². The molecule has 0 saturated heterocycles. The van der Waals surface area contributed by atoms with E-state index in [1.807, 2.05) is 32.9 Å². The molecule has 19 heavy (non-hydrogen) atoms. The molecule has 1 amide bonds. The molecule has 0 aliphatic carbocycles. The summed E-state index contributed by atoms with van der Waals surface area (Å²) in [6.45, 7) is 6.53. The van der Waals surface area contributed by atoms with Crippen LogP contribution in [0, 0.1) is 5.92 Å². The van der Waals surface area contributed by atoms with E-state index in [0.29, 0.717) is 18.7 Å². The average molecular weight is 264 g/mol. The van der Waals surface area contributed by atoms with E-state index in [2.05, 4.69) is 5.32 Å². The van der Waals surface area contributed by atoms with E-state index in [9.17, 15) is 4.79 Å². The Morgan fingerprint density at radius 3 is 2.47 bits per heavy atom. The molecule has 106 valence electrons. The number of hydrogen-bond donors (Lipinski definition) is 3. The van der Waals surface area contributed by atoms with Gasteiger partial charge in [0.1, 0.15) is 0 Å². The number of nitrogens with two attached hydrogens (primary N) is 1. The highest BCUT2D eigenvalue weighted by Crippen LogP contribution is 2.24. The van der Waals surface area contributed by atoms with Crippen LogP contribution in [-0.2, 0) is 10.2 Å². The lowest BCUT2D eigenvalue weighted by Crippen LogP contribution is -2.41. The highest BCUT2D eigenvalue weighted by molar-refractivity contribution is 5.87.